The summed E-state index contributed by atoms with van der Waals surface area (Å²) in [6.45, 7) is 2.35. The first-order valence-electron chi connectivity index (χ1n) is 10.5. The molecule has 0 bridgehead atoms. The Kier molecular flexibility index (Phi) is 6.65. The van der Waals surface area contributed by atoms with Crippen LogP contribution in [0.1, 0.15) is 35.4 Å². The lowest BCUT2D eigenvalue weighted by atomic mass is 9.89. The number of ether oxygens (including phenoxy) is 2. The van der Waals surface area contributed by atoms with E-state index in [1.165, 1.54) is 5.56 Å². The molecule has 4 heteroatoms. The highest BCUT2D eigenvalue weighted by Gasteiger charge is 2.24. The van der Waals surface area contributed by atoms with Gasteiger partial charge in [-0.15, -0.1) is 0 Å². The lowest BCUT2D eigenvalue weighted by Gasteiger charge is -2.31. The van der Waals surface area contributed by atoms with Crippen molar-refractivity contribution in [2.24, 2.45) is 0 Å². The number of hydrogen-bond donors (Lipinski definition) is 0. The first-order chi connectivity index (χ1) is 14.8. The fourth-order valence-electron chi connectivity index (χ4n) is 3.78. The monoisotopic (exact) mass is 401 g/mol. The van der Waals surface area contributed by atoms with E-state index in [0.717, 1.165) is 42.8 Å². The molecule has 1 saturated heterocycles. The second kappa shape index (κ2) is 9.97. The van der Waals surface area contributed by atoms with Crippen LogP contribution in [-0.4, -0.2) is 24.1 Å². The van der Waals surface area contributed by atoms with Crippen LogP contribution >= 0.6 is 0 Å². The highest BCUT2D eigenvalue weighted by Crippen LogP contribution is 2.29. The van der Waals surface area contributed by atoms with Gasteiger partial charge in [-0.25, -0.2) is 4.79 Å². The number of nitrogens with zero attached hydrogens (tertiary/aromatic N) is 1. The van der Waals surface area contributed by atoms with Crippen LogP contribution in [0.3, 0.4) is 0 Å². The largest absolute Gasteiger partial charge is 0.489 e. The lowest BCUT2D eigenvalue weighted by molar-refractivity contribution is 0.0870. The zero-order valence-electron chi connectivity index (χ0n) is 17.1. The summed E-state index contributed by atoms with van der Waals surface area (Å²) in [5.41, 5.74) is 3.47. The third-order valence-corrected chi connectivity index (χ3v) is 5.56. The van der Waals surface area contributed by atoms with E-state index in [0.29, 0.717) is 19.1 Å². The van der Waals surface area contributed by atoms with E-state index in [1.807, 2.05) is 65.6 Å². The predicted octanol–water partition coefficient (Wildman–Crippen LogP) is 5.78. The highest BCUT2D eigenvalue weighted by atomic mass is 16.6. The van der Waals surface area contributed by atoms with Gasteiger partial charge in [-0.1, -0.05) is 72.8 Å². The summed E-state index contributed by atoms with van der Waals surface area (Å²) < 4.78 is 11.3. The molecule has 0 radical (unpaired) electrons. The minimum atomic E-state index is -0.220. The molecule has 1 fully saturated rings. The number of amides is 1. The van der Waals surface area contributed by atoms with Crippen molar-refractivity contribution in [2.75, 3.05) is 13.1 Å². The van der Waals surface area contributed by atoms with Gasteiger partial charge in [0.2, 0.25) is 0 Å². The van der Waals surface area contributed by atoms with Crippen LogP contribution in [0.15, 0.2) is 84.9 Å². The lowest BCUT2D eigenvalue weighted by Crippen LogP contribution is -2.38. The molecule has 0 N–H and O–H groups in total. The summed E-state index contributed by atoms with van der Waals surface area (Å²) >= 11 is 0. The van der Waals surface area contributed by atoms with Crippen LogP contribution in [0.5, 0.6) is 5.75 Å². The fraction of sp³-hybridized carbons (Fsp3) is 0.269. The van der Waals surface area contributed by atoms with Crippen LogP contribution in [-0.2, 0) is 18.0 Å². The Morgan fingerprint density at radius 3 is 1.93 bits per heavy atom. The average Bonchev–Trinajstić information content (AvgIpc) is 2.83. The number of hydrogen-bond acceptors (Lipinski definition) is 3. The van der Waals surface area contributed by atoms with Gasteiger partial charge in [0, 0.05) is 13.1 Å². The molecule has 3 aromatic rings. The summed E-state index contributed by atoms with van der Waals surface area (Å²) in [5, 5.41) is 0. The zero-order chi connectivity index (χ0) is 20.6. The SMILES string of the molecule is O=C(OCc1ccccc1)N1CCC(c2ccc(OCc3ccccc3)cc2)CC1. The molecular formula is C26H27NO3. The Balaban J connectivity index is 1.23. The summed E-state index contributed by atoms with van der Waals surface area (Å²) in [4.78, 5) is 14.2. The van der Waals surface area contributed by atoms with Crippen molar-refractivity contribution in [1.82, 2.24) is 4.90 Å². The van der Waals surface area contributed by atoms with Crippen LogP contribution in [0.25, 0.3) is 0 Å². The Hall–Kier alpha value is -3.27. The van der Waals surface area contributed by atoms with E-state index < -0.39 is 0 Å². The van der Waals surface area contributed by atoms with Gasteiger partial charge in [0.25, 0.3) is 0 Å². The number of rotatable bonds is 6. The molecule has 154 valence electrons. The van der Waals surface area contributed by atoms with Gasteiger partial charge in [0.05, 0.1) is 0 Å². The summed E-state index contributed by atoms with van der Waals surface area (Å²) in [6.07, 6.45) is 1.68. The normalized spacial score (nSPS) is 14.3. The van der Waals surface area contributed by atoms with Crippen molar-refractivity contribution in [3.05, 3.63) is 102 Å². The van der Waals surface area contributed by atoms with Crippen LogP contribution in [0, 0.1) is 0 Å². The summed E-state index contributed by atoms with van der Waals surface area (Å²) in [6, 6.07) is 28.3. The van der Waals surface area contributed by atoms with E-state index in [9.17, 15) is 4.79 Å². The van der Waals surface area contributed by atoms with Crippen molar-refractivity contribution < 1.29 is 14.3 Å². The molecule has 0 atom stereocenters. The molecule has 0 aliphatic carbocycles. The van der Waals surface area contributed by atoms with Crippen molar-refractivity contribution in [3.63, 3.8) is 0 Å². The van der Waals surface area contributed by atoms with Crippen LogP contribution in [0.2, 0.25) is 0 Å². The third kappa shape index (κ3) is 5.41. The topological polar surface area (TPSA) is 38.8 Å². The van der Waals surface area contributed by atoms with E-state index in [2.05, 4.69) is 24.3 Å². The second-order valence-corrected chi connectivity index (χ2v) is 7.64. The van der Waals surface area contributed by atoms with Gasteiger partial charge in [0.1, 0.15) is 19.0 Å². The molecular weight excluding hydrogens is 374 g/mol. The molecule has 4 rings (SSSR count). The van der Waals surface area contributed by atoms with E-state index in [4.69, 9.17) is 9.47 Å². The maximum absolute atomic E-state index is 12.3. The van der Waals surface area contributed by atoms with Crippen LogP contribution in [0.4, 0.5) is 4.79 Å². The first kappa shape index (κ1) is 20.0. The molecule has 0 unspecified atom stereocenters. The standard InChI is InChI=1S/C26H27NO3/c28-26(30-20-22-9-5-2-6-10-22)27-17-15-24(16-18-27)23-11-13-25(14-12-23)29-19-21-7-3-1-4-8-21/h1-14,24H,15-20H2. The van der Waals surface area contributed by atoms with Crippen molar-refractivity contribution >= 4 is 6.09 Å². The van der Waals surface area contributed by atoms with Gasteiger partial charge in [-0.3, -0.25) is 0 Å². The summed E-state index contributed by atoms with van der Waals surface area (Å²) in [7, 11) is 0. The molecule has 0 saturated carbocycles. The maximum atomic E-state index is 12.3. The van der Waals surface area contributed by atoms with Crippen molar-refractivity contribution in [1.29, 1.82) is 0 Å². The molecule has 1 aliphatic rings. The van der Waals surface area contributed by atoms with Gasteiger partial charge < -0.3 is 14.4 Å². The second-order valence-electron chi connectivity index (χ2n) is 7.64. The quantitative estimate of drug-likeness (QED) is 0.525. The van der Waals surface area contributed by atoms with Crippen LogP contribution < -0.4 is 4.74 Å². The molecule has 0 spiro atoms. The van der Waals surface area contributed by atoms with Crippen molar-refractivity contribution in [2.45, 2.75) is 32.0 Å². The van der Waals surface area contributed by atoms with Crippen molar-refractivity contribution in [3.8, 4) is 5.75 Å². The van der Waals surface area contributed by atoms with Gasteiger partial charge in [-0.2, -0.15) is 0 Å². The number of carbonyl (C=O) groups is 1. The molecule has 0 aromatic heterocycles. The van der Waals surface area contributed by atoms with E-state index in [-0.39, 0.29) is 6.09 Å². The Bertz CT molecular complexity index is 918. The molecule has 1 heterocycles. The first-order valence-corrected chi connectivity index (χ1v) is 10.5. The van der Waals surface area contributed by atoms with Gasteiger partial charge in [-0.05, 0) is 47.6 Å². The fourth-order valence-corrected chi connectivity index (χ4v) is 3.78. The van der Waals surface area contributed by atoms with Gasteiger partial charge in [0.15, 0.2) is 0 Å². The number of carbonyl (C=O) groups excluding carboxylic acids is 1. The molecule has 3 aromatic carbocycles. The van der Waals surface area contributed by atoms with E-state index in [1.54, 1.807) is 0 Å². The molecule has 1 aliphatic heterocycles. The maximum Gasteiger partial charge on any atom is 0.410 e. The number of likely N-dealkylation sites (tertiary alicyclic amines) is 1. The predicted molar refractivity (Wildman–Crippen MR) is 117 cm³/mol. The highest BCUT2D eigenvalue weighted by molar-refractivity contribution is 5.67. The number of benzene rings is 3. The summed E-state index contributed by atoms with van der Waals surface area (Å²) in [5.74, 6) is 1.34. The molecule has 4 nitrogen and oxygen atoms in total. The van der Waals surface area contributed by atoms with Gasteiger partial charge >= 0.3 is 6.09 Å². The Labute approximate surface area is 178 Å². The van der Waals surface area contributed by atoms with E-state index >= 15 is 0 Å². The Morgan fingerprint density at radius 2 is 1.33 bits per heavy atom. The minimum Gasteiger partial charge on any atom is -0.489 e. The number of piperidine rings is 1. The smallest absolute Gasteiger partial charge is 0.410 e. The minimum absolute atomic E-state index is 0.220. The zero-order valence-corrected chi connectivity index (χ0v) is 17.1. The Morgan fingerprint density at radius 1 is 0.767 bits per heavy atom. The molecule has 30 heavy (non-hydrogen) atoms. The molecule has 1 amide bonds. The third-order valence-electron chi connectivity index (χ3n) is 5.56. The average molecular weight is 402 g/mol.